The van der Waals surface area contributed by atoms with Crippen molar-refractivity contribution < 1.29 is 32.3 Å². The number of carbonyl (C=O) groups is 3. The molecule has 2 amide bonds. The number of ether oxygens (including phenoxy) is 2. The molecule has 0 saturated carbocycles. The molecule has 1 saturated heterocycles. The maximum Gasteiger partial charge on any atom is 0.338 e. The molecule has 12 heteroatoms. The summed E-state index contributed by atoms with van der Waals surface area (Å²) in [5.41, 5.74) is 1.10. The molecule has 0 radical (unpaired) electrons. The fourth-order valence-corrected chi connectivity index (χ4v) is 6.62. The molecule has 1 aromatic heterocycles. The van der Waals surface area contributed by atoms with E-state index in [1.807, 2.05) is 13.8 Å². The minimum Gasteiger partial charge on any atom is -0.462 e. The molecule has 1 aromatic carbocycles. The van der Waals surface area contributed by atoms with Crippen molar-refractivity contribution in [1.29, 1.82) is 0 Å². The minimum absolute atomic E-state index is 0.0409. The van der Waals surface area contributed by atoms with Crippen LogP contribution < -0.4 is 4.80 Å². The van der Waals surface area contributed by atoms with Crippen LogP contribution in [0.25, 0.3) is 10.2 Å². The number of hydrogen-bond acceptors (Lipinski definition) is 8. The number of sulfone groups is 1. The quantitative estimate of drug-likeness (QED) is 0.309. The van der Waals surface area contributed by atoms with Gasteiger partial charge in [0.15, 0.2) is 14.6 Å². The molecule has 37 heavy (non-hydrogen) atoms. The molecular formula is C25H35N3O7S2. The third-order valence-corrected chi connectivity index (χ3v) is 8.60. The van der Waals surface area contributed by atoms with Crippen molar-refractivity contribution in [2.45, 2.75) is 59.0 Å². The first-order valence-corrected chi connectivity index (χ1v) is 15.3. The van der Waals surface area contributed by atoms with E-state index in [1.54, 1.807) is 34.6 Å². The second-order valence-electron chi connectivity index (χ2n) is 8.82. The Labute approximate surface area is 221 Å². The Balaban J connectivity index is 1.84. The van der Waals surface area contributed by atoms with Gasteiger partial charge in [-0.1, -0.05) is 18.3 Å². The summed E-state index contributed by atoms with van der Waals surface area (Å²) >= 11 is 1.17. The van der Waals surface area contributed by atoms with Gasteiger partial charge >= 0.3 is 5.97 Å². The summed E-state index contributed by atoms with van der Waals surface area (Å²) in [6, 6.07) is 5.08. The number of carbonyl (C=O) groups excluding carboxylic acids is 3. The average molecular weight is 554 g/mol. The molecule has 1 aliphatic heterocycles. The Morgan fingerprint density at radius 3 is 2.59 bits per heavy atom. The van der Waals surface area contributed by atoms with Crippen molar-refractivity contribution in [2.75, 3.05) is 37.9 Å². The smallest absolute Gasteiger partial charge is 0.338 e. The zero-order valence-electron chi connectivity index (χ0n) is 21.6. The van der Waals surface area contributed by atoms with E-state index in [9.17, 15) is 22.8 Å². The largest absolute Gasteiger partial charge is 0.462 e. The lowest BCUT2D eigenvalue weighted by molar-refractivity contribution is -0.132. The number of benzene rings is 1. The molecule has 2 aromatic rings. The second-order valence-corrected chi connectivity index (χ2v) is 11.9. The zero-order valence-corrected chi connectivity index (χ0v) is 23.2. The zero-order chi connectivity index (χ0) is 27.0. The highest BCUT2D eigenvalue weighted by atomic mass is 32.2. The lowest BCUT2D eigenvalue weighted by atomic mass is 10.0. The van der Waals surface area contributed by atoms with Gasteiger partial charge in [-0.2, -0.15) is 4.99 Å². The highest BCUT2D eigenvalue weighted by Crippen LogP contribution is 2.21. The number of likely N-dealkylation sites (tertiary alicyclic amines) is 1. The molecule has 10 nitrogen and oxygen atoms in total. The molecule has 0 spiro atoms. The monoisotopic (exact) mass is 553 g/mol. The first-order valence-electron chi connectivity index (χ1n) is 12.6. The van der Waals surface area contributed by atoms with Gasteiger partial charge in [-0.05, 0) is 57.7 Å². The third kappa shape index (κ3) is 7.71. The van der Waals surface area contributed by atoms with Crippen LogP contribution in [0.4, 0.5) is 0 Å². The second kappa shape index (κ2) is 13.3. The molecule has 0 N–H and O–H groups in total. The Hall–Kier alpha value is -2.57. The normalized spacial score (nSPS) is 16.8. The van der Waals surface area contributed by atoms with Crippen molar-refractivity contribution in [1.82, 2.24) is 9.47 Å². The van der Waals surface area contributed by atoms with Gasteiger partial charge in [0.2, 0.25) is 5.91 Å². The highest BCUT2D eigenvalue weighted by molar-refractivity contribution is 7.92. The van der Waals surface area contributed by atoms with Gasteiger partial charge in [0.05, 0.1) is 29.0 Å². The van der Waals surface area contributed by atoms with Crippen molar-refractivity contribution in [3.05, 3.63) is 28.6 Å². The van der Waals surface area contributed by atoms with Crippen LogP contribution in [-0.2, 0) is 35.4 Å². The first-order chi connectivity index (χ1) is 17.7. The summed E-state index contributed by atoms with van der Waals surface area (Å²) < 4.78 is 38.4. The van der Waals surface area contributed by atoms with E-state index in [0.29, 0.717) is 41.4 Å². The van der Waals surface area contributed by atoms with E-state index in [-0.39, 0.29) is 12.6 Å². The topological polar surface area (TPSA) is 124 Å². The van der Waals surface area contributed by atoms with E-state index in [2.05, 4.69) is 4.99 Å². The number of thiazole rings is 1. The van der Waals surface area contributed by atoms with Gasteiger partial charge in [-0.3, -0.25) is 9.59 Å². The van der Waals surface area contributed by atoms with Gasteiger partial charge in [0.25, 0.3) is 5.91 Å². The maximum atomic E-state index is 12.7. The summed E-state index contributed by atoms with van der Waals surface area (Å²) in [6.45, 7) is 7.64. The van der Waals surface area contributed by atoms with E-state index in [0.717, 1.165) is 31.2 Å². The molecule has 1 atom stereocenters. The fraction of sp³-hybridized carbons (Fsp3) is 0.600. The van der Waals surface area contributed by atoms with Crippen LogP contribution in [0.1, 0.15) is 56.8 Å². The fourth-order valence-electron chi connectivity index (χ4n) is 4.42. The Morgan fingerprint density at radius 2 is 1.89 bits per heavy atom. The van der Waals surface area contributed by atoms with E-state index in [1.165, 1.54) is 11.3 Å². The van der Waals surface area contributed by atoms with E-state index in [4.69, 9.17) is 9.47 Å². The molecule has 1 unspecified atom stereocenters. The van der Waals surface area contributed by atoms with Gasteiger partial charge < -0.3 is 18.9 Å². The van der Waals surface area contributed by atoms with Crippen molar-refractivity contribution in [2.24, 2.45) is 4.99 Å². The number of aromatic nitrogens is 1. The predicted molar refractivity (Wildman–Crippen MR) is 141 cm³/mol. The van der Waals surface area contributed by atoms with Crippen LogP contribution >= 0.6 is 11.3 Å². The van der Waals surface area contributed by atoms with Gasteiger partial charge in [0, 0.05) is 25.7 Å². The van der Waals surface area contributed by atoms with Gasteiger partial charge in [-0.15, -0.1) is 0 Å². The van der Waals surface area contributed by atoms with Crippen LogP contribution in [0.3, 0.4) is 0 Å². The number of fused-ring (bicyclic) bond motifs is 1. The van der Waals surface area contributed by atoms with E-state index >= 15 is 0 Å². The van der Waals surface area contributed by atoms with Crippen LogP contribution in [0.5, 0.6) is 0 Å². The first kappa shape index (κ1) is 29.0. The van der Waals surface area contributed by atoms with Gasteiger partial charge in [0.1, 0.15) is 11.5 Å². The molecule has 1 aliphatic rings. The number of amides is 2. The van der Waals surface area contributed by atoms with Gasteiger partial charge in [-0.25, -0.2) is 13.2 Å². The molecular weight excluding hydrogens is 518 g/mol. The molecule has 0 aliphatic carbocycles. The Morgan fingerprint density at radius 1 is 1.11 bits per heavy atom. The summed E-state index contributed by atoms with van der Waals surface area (Å²) in [5, 5.41) is 0. The molecule has 3 rings (SSSR count). The number of esters is 1. The number of hydrogen-bond donors (Lipinski definition) is 0. The SMILES string of the molecule is CCOCCn1c(=NC(=O)CS(=O)(=O)CC(=O)N2CCCCC2CC)sc2cc(C(=O)OCC)ccc21. The summed E-state index contributed by atoms with van der Waals surface area (Å²) in [5.74, 6) is -3.31. The van der Waals surface area contributed by atoms with Crippen molar-refractivity contribution >= 4 is 49.2 Å². The van der Waals surface area contributed by atoms with Crippen LogP contribution in [0, 0.1) is 0 Å². The summed E-state index contributed by atoms with van der Waals surface area (Å²) in [7, 11) is -3.99. The summed E-state index contributed by atoms with van der Waals surface area (Å²) in [4.78, 5) is 43.6. The molecule has 0 bridgehead atoms. The predicted octanol–water partition coefficient (Wildman–Crippen LogP) is 2.55. The molecule has 2 heterocycles. The standard InChI is InChI=1S/C25H35N3O7S2/c1-4-19-9-7-8-12-27(19)23(30)17-37(32,33)16-22(29)26-25-28(13-14-34-5-2)20-11-10-18(15-21(20)36-25)24(31)35-6-3/h10-11,15,19H,4-9,12-14,16-17H2,1-3H3. The van der Waals surface area contributed by atoms with Crippen LogP contribution in [0.15, 0.2) is 23.2 Å². The van der Waals surface area contributed by atoms with Crippen molar-refractivity contribution in [3.63, 3.8) is 0 Å². The summed E-state index contributed by atoms with van der Waals surface area (Å²) in [6.07, 6.45) is 3.50. The Bertz CT molecular complexity index is 1300. The average Bonchev–Trinajstić information content (AvgIpc) is 3.19. The van der Waals surface area contributed by atoms with Crippen molar-refractivity contribution in [3.8, 4) is 0 Å². The third-order valence-electron chi connectivity index (χ3n) is 6.18. The highest BCUT2D eigenvalue weighted by Gasteiger charge is 2.29. The molecule has 1 fully saturated rings. The van der Waals surface area contributed by atoms with Crippen LogP contribution in [-0.4, -0.2) is 79.6 Å². The lowest BCUT2D eigenvalue weighted by Crippen LogP contribution is -2.46. The molecule has 204 valence electrons. The minimum atomic E-state index is -3.99. The number of piperidine rings is 1. The Kier molecular flexibility index (Phi) is 10.4. The number of rotatable bonds is 11. The maximum absolute atomic E-state index is 12.7. The lowest BCUT2D eigenvalue weighted by Gasteiger charge is -2.35. The number of nitrogens with zero attached hydrogens (tertiary/aromatic N) is 3. The van der Waals surface area contributed by atoms with Crippen LogP contribution in [0.2, 0.25) is 0 Å². The van der Waals surface area contributed by atoms with E-state index < -0.39 is 39.1 Å².